The van der Waals surface area contributed by atoms with E-state index in [4.69, 9.17) is 5.11 Å². The van der Waals surface area contributed by atoms with Crippen LogP contribution in [0.1, 0.15) is 15.9 Å². The van der Waals surface area contributed by atoms with Gasteiger partial charge in [0.25, 0.3) is 5.69 Å². The number of hydrogen-bond donors (Lipinski definition) is 2. The first-order valence-corrected chi connectivity index (χ1v) is 6.89. The zero-order valence-electron chi connectivity index (χ0n) is 10.7. The van der Waals surface area contributed by atoms with E-state index in [0.29, 0.717) is 19.0 Å². The Balaban J connectivity index is 2.21. The Hall–Kier alpha value is -2.48. The number of rotatable bonds is 6. The number of hydrogen-bond acceptors (Lipinski definition) is 5. The van der Waals surface area contributed by atoms with Crippen molar-refractivity contribution in [1.82, 2.24) is 0 Å². The Bertz CT molecular complexity index is 673. The van der Waals surface area contributed by atoms with E-state index >= 15 is 0 Å². The van der Waals surface area contributed by atoms with Crippen LogP contribution in [-0.4, -0.2) is 22.5 Å². The third kappa shape index (κ3) is 3.54. The van der Waals surface area contributed by atoms with Gasteiger partial charge in [0.1, 0.15) is 11.5 Å². The predicted octanol–water partition coefficient (Wildman–Crippen LogP) is 3.15. The minimum Gasteiger partial charge on any atom is -0.478 e. The largest absolute Gasteiger partial charge is 0.478 e. The molecule has 0 aliphatic rings. The van der Waals surface area contributed by atoms with E-state index in [-0.39, 0.29) is 5.69 Å². The van der Waals surface area contributed by atoms with Crippen LogP contribution in [0.25, 0.3) is 0 Å². The summed E-state index contributed by atoms with van der Waals surface area (Å²) in [5.41, 5.74) is -0.0220. The molecule has 1 heterocycles. The fourth-order valence-electron chi connectivity index (χ4n) is 1.80. The van der Waals surface area contributed by atoms with E-state index in [0.717, 1.165) is 11.6 Å². The second kappa shape index (κ2) is 6.31. The van der Waals surface area contributed by atoms with Crippen molar-refractivity contribution in [2.45, 2.75) is 6.42 Å². The second-order valence-electron chi connectivity index (χ2n) is 4.22. The van der Waals surface area contributed by atoms with Gasteiger partial charge in [-0.1, -0.05) is 0 Å². The summed E-state index contributed by atoms with van der Waals surface area (Å²) in [6, 6.07) is 3.49. The highest BCUT2D eigenvalue weighted by atomic mass is 32.1. The first kappa shape index (κ1) is 14.9. The van der Waals surface area contributed by atoms with Crippen LogP contribution in [0.4, 0.5) is 15.8 Å². The van der Waals surface area contributed by atoms with Crippen LogP contribution < -0.4 is 5.32 Å². The molecule has 0 amide bonds. The molecular formula is C13H11FN2O4S. The number of aromatic carboxylic acids is 1. The fraction of sp³-hybridized carbons (Fsp3) is 0.154. The molecule has 0 unspecified atom stereocenters. The van der Waals surface area contributed by atoms with Crippen LogP contribution in [-0.2, 0) is 6.42 Å². The maximum atomic E-state index is 13.5. The standard InChI is InChI=1S/C13H11FN2O4S/c14-10-6-12(16(19)20)11(5-9(10)13(17)18)15-3-1-8-2-4-21-7-8/h2,4-7,15H,1,3H2,(H,17,18). The molecule has 0 saturated heterocycles. The van der Waals surface area contributed by atoms with Crippen molar-refractivity contribution in [3.8, 4) is 0 Å². The monoisotopic (exact) mass is 310 g/mol. The molecule has 0 atom stereocenters. The van der Waals surface area contributed by atoms with E-state index in [1.54, 1.807) is 0 Å². The summed E-state index contributed by atoms with van der Waals surface area (Å²) in [5.74, 6) is -2.60. The van der Waals surface area contributed by atoms with E-state index < -0.39 is 28.0 Å². The van der Waals surface area contributed by atoms with Crippen LogP contribution in [0.15, 0.2) is 29.0 Å². The van der Waals surface area contributed by atoms with Gasteiger partial charge in [-0.05, 0) is 34.9 Å². The van der Waals surface area contributed by atoms with Crippen molar-refractivity contribution in [1.29, 1.82) is 0 Å². The van der Waals surface area contributed by atoms with Gasteiger partial charge >= 0.3 is 5.97 Å². The quantitative estimate of drug-likeness (QED) is 0.631. The van der Waals surface area contributed by atoms with Gasteiger partial charge < -0.3 is 10.4 Å². The van der Waals surface area contributed by atoms with Crippen molar-refractivity contribution >= 4 is 28.7 Å². The van der Waals surface area contributed by atoms with Gasteiger partial charge in [0.15, 0.2) is 0 Å². The van der Waals surface area contributed by atoms with E-state index in [1.165, 1.54) is 11.3 Å². The normalized spacial score (nSPS) is 10.3. The van der Waals surface area contributed by atoms with Crippen LogP contribution >= 0.6 is 11.3 Å². The molecule has 6 nitrogen and oxygen atoms in total. The van der Waals surface area contributed by atoms with E-state index in [9.17, 15) is 19.3 Å². The van der Waals surface area contributed by atoms with Crippen molar-refractivity contribution < 1.29 is 19.2 Å². The number of nitro benzene ring substituents is 1. The number of anilines is 1. The Kier molecular flexibility index (Phi) is 4.49. The molecule has 0 saturated carbocycles. The molecule has 1 aromatic heterocycles. The Morgan fingerprint density at radius 2 is 2.24 bits per heavy atom. The van der Waals surface area contributed by atoms with Crippen molar-refractivity contribution in [2.24, 2.45) is 0 Å². The lowest BCUT2D eigenvalue weighted by Crippen LogP contribution is -2.09. The lowest BCUT2D eigenvalue weighted by atomic mass is 10.1. The zero-order valence-corrected chi connectivity index (χ0v) is 11.5. The number of benzene rings is 1. The first-order valence-electron chi connectivity index (χ1n) is 5.95. The number of nitrogens with one attached hydrogen (secondary N) is 1. The number of nitrogens with zero attached hydrogens (tertiary/aromatic N) is 1. The lowest BCUT2D eigenvalue weighted by Gasteiger charge is -2.08. The molecule has 0 spiro atoms. The Morgan fingerprint density at radius 3 is 2.81 bits per heavy atom. The molecule has 0 aliphatic heterocycles. The average molecular weight is 310 g/mol. The molecule has 110 valence electrons. The summed E-state index contributed by atoms with van der Waals surface area (Å²) in [6.07, 6.45) is 0.625. The summed E-state index contributed by atoms with van der Waals surface area (Å²) in [4.78, 5) is 21.0. The Labute approximate surface area is 123 Å². The zero-order chi connectivity index (χ0) is 15.4. The number of thiophene rings is 1. The average Bonchev–Trinajstić information content (AvgIpc) is 2.92. The highest BCUT2D eigenvalue weighted by Gasteiger charge is 2.21. The lowest BCUT2D eigenvalue weighted by molar-refractivity contribution is -0.384. The molecule has 0 fully saturated rings. The predicted molar refractivity (Wildman–Crippen MR) is 76.5 cm³/mol. The molecule has 0 aliphatic carbocycles. The van der Waals surface area contributed by atoms with Crippen molar-refractivity contribution in [3.63, 3.8) is 0 Å². The molecule has 0 bridgehead atoms. The SMILES string of the molecule is O=C(O)c1cc(NCCc2ccsc2)c([N+](=O)[O-])cc1F. The molecule has 8 heteroatoms. The minimum atomic E-state index is -1.47. The maximum absolute atomic E-state index is 13.5. The second-order valence-corrected chi connectivity index (χ2v) is 5.00. The number of nitro groups is 1. The topological polar surface area (TPSA) is 92.5 Å². The van der Waals surface area contributed by atoms with Crippen LogP contribution in [0, 0.1) is 15.9 Å². The van der Waals surface area contributed by atoms with Gasteiger partial charge in [-0.25, -0.2) is 9.18 Å². The summed E-state index contributed by atoms with van der Waals surface area (Å²) in [5, 5.41) is 26.4. The van der Waals surface area contributed by atoms with Crippen molar-refractivity contribution in [3.05, 3.63) is 56.0 Å². The number of halogens is 1. The van der Waals surface area contributed by atoms with Crippen LogP contribution in [0.3, 0.4) is 0 Å². The van der Waals surface area contributed by atoms with Crippen molar-refractivity contribution in [2.75, 3.05) is 11.9 Å². The third-order valence-electron chi connectivity index (χ3n) is 2.82. The van der Waals surface area contributed by atoms with E-state index in [1.807, 2.05) is 16.8 Å². The number of carboxylic acids is 1. The van der Waals surface area contributed by atoms with Gasteiger partial charge in [-0.2, -0.15) is 11.3 Å². The van der Waals surface area contributed by atoms with Gasteiger partial charge in [0.2, 0.25) is 0 Å². The first-order chi connectivity index (χ1) is 9.99. The van der Waals surface area contributed by atoms with Gasteiger partial charge in [-0.15, -0.1) is 0 Å². The summed E-state index contributed by atoms with van der Waals surface area (Å²) >= 11 is 1.54. The van der Waals surface area contributed by atoms with Gasteiger partial charge in [0.05, 0.1) is 16.6 Å². The summed E-state index contributed by atoms with van der Waals surface area (Å²) in [6.45, 7) is 0.377. The molecule has 2 aromatic rings. The number of carbonyl (C=O) groups is 1. The molecule has 21 heavy (non-hydrogen) atoms. The van der Waals surface area contributed by atoms with Crippen LogP contribution in [0.2, 0.25) is 0 Å². The smallest absolute Gasteiger partial charge is 0.338 e. The maximum Gasteiger partial charge on any atom is 0.338 e. The fourth-order valence-corrected chi connectivity index (χ4v) is 2.50. The summed E-state index contributed by atoms with van der Waals surface area (Å²) in [7, 11) is 0. The van der Waals surface area contributed by atoms with Gasteiger partial charge in [0, 0.05) is 6.54 Å². The Morgan fingerprint density at radius 1 is 1.48 bits per heavy atom. The van der Waals surface area contributed by atoms with E-state index in [2.05, 4.69) is 5.32 Å². The molecule has 2 N–H and O–H groups in total. The molecule has 2 rings (SSSR count). The summed E-state index contributed by atoms with van der Waals surface area (Å²) < 4.78 is 13.5. The number of carboxylic acid groups (broad SMARTS) is 1. The highest BCUT2D eigenvalue weighted by Crippen LogP contribution is 2.28. The van der Waals surface area contributed by atoms with Crippen LogP contribution in [0.5, 0.6) is 0 Å². The third-order valence-corrected chi connectivity index (χ3v) is 3.55. The minimum absolute atomic E-state index is 0.00553. The highest BCUT2D eigenvalue weighted by molar-refractivity contribution is 7.07. The van der Waals surface area contributed by atoms with Gasteiger partial charge in [-0.3, -0.25) is 10.1 Å². The molecule has 1 aromatic carbocycles. The molecular weight excluding hydrogens is 299 g/mol. The molecule has 0 radical (unpaired) electrons.